The van der Waals surface area contributed by atoms with Gasteiger partial charge in [0.2, 0.25) is 10.0 Å². The number of aliphatic hydroxyl groups is 2. The molecule has 6 nitrogen and oxygen atoms in total. The number of halogens is 1. The Balaban J connectivity index is 2.94. The second-order valence-electron chi connectivity index (χ2n) is 4.04. The fourth-order valence-electron chi connectivity index (χ4n) is 1.43. The molecule has 0 saturated heterocycles. The van der Waals surface area contributed by atoms with Crippen molar-refractivity contribution in [3.63, 3.8) is 0 Å². The van der Waals surface area contributed by atoms with Crippen LogP contribution in [-0.4, -0.2) is 35.6 Å². The van der Waals surface area contributed by atoms with E-state index in [0.717, 1.165) is 23.9 Å². The summed E-state index contributed by atoms with van der Waals surface area (Å²) in [7, 11) is -4.04. The number of carbonyl (C=O) groups excluding carboxylic acids is 1. The maximum atomic E-state index is 13.7. The molecule has 0 amide bonds. The van der Waals surface area contributed by atoms with Gasteiger partial charge in [-0.3, -0.25) is 4.79 Å². The van der Waals surface area contributed by atoms with Crippen LogP contribution in [0.3, 0.4) is 0 Å². The second kappa shape index (κ2) is 6.64. The van der Waals surface area contributed by atoms with E-state index < -0.39 is 32.9 Å². The van der Waals surface area contributed by atoms with E-state index in [4.69, 9.17) is 5.14 Å². The van der Waals surface area contributed by atoms with Crippen molar-refractivity contribution in [1.29, 1.82) is 0 Å². The summed E-state index contributed by atoms with van der Waals surface area (Å²) in [5.74, 6) is -1.11. The highest BCUT2D eigenvalue weighted by Gasteiger charge is 2.23. The fourth-order valence-corrected chi connectivity index (χ4v) is 2.54. The number of carbonyl (C=O) groups is 1. The van der Waals surface area contributed by atoms with Gasteiger partial charge in [0.25, 0.3) is 0 Å². The molecule has 0 bridgehead atoms. The molecular weight excluding hydrogens is 309 g/mol. The molecule has 0 aliphatic heterocycles. The third-order valence-electron chi connectivity index (χ3n) is 2.44. The second-order valence-corrected chi connectivity index (χ2v) is 6.80. The number of nitrogens with two attached hydrogens (primary N) is 1. The molecule has 1 aromatic rings. The molecule has 1 rings (SSSR count). The van der Waals surface area contributed by atoms with Crippen molar-refractivity contribution in [2.24, 2.45) is 5.14 Å². The molecule has 0 aliphatic carbocycles. The fraction of sp³-hybridized carbons (Fsp3) is 0.364. The summed E-state index contributed by atoms with van der Waals surface area (Å²) >= 11 is 0.788. The zero-order valence-electron chi connectivity index (χ0n) is 10.5. The summed E-state index contributed by atoms with van der Waals surface area (Å²) in [6, 6.07) is 2.72. The van der Waals surface area contributed by atoms with E-state index in [1.54, 1.807) is 0 Å². The van der Waals surface area contributed by atoms with Gasteiger partial charge < -0.3 is 10.2 Å². The van der Waals surface area contributed by atoms with Gasteiger partial charge in [-0.15, -0.1) is 0 Å². The van der Waals surface area contributed by atoms with Gasteiger partial charge in [0, 0.05) is 18.2 Å². The van der Waals surface area contributed by atoms with Crippen LogP contribution in [0.4, 0.5) is 4.39 Å². The Hall–Kier alpha value is -1.00. The highest BCUT2D eigenvalue weighted by atomic mass is 32.2. The van der Waals surface area contributed by atoms with Crippen LogP contribution in [0.25, 0.3) is 0 Å². The normalized spacial score (nSPS) is 14.8. The van der Waals surface area contributed by atoms with E-state index >= 15 is 0 Å². The topological polar surface area (TPSA) is 118 Å². The molecule has 112 valence electrons. The molecule has 0 aromatic heterocycles. The quantitative estimate of drug-likeness (QED) is 0.710. The summed E-state index contributed by atoms with van der Waals surface area (Å²) in [4.78, 5) is 10.3. The van der Waals surface area contributed by atoms with Crippen LogP contribution in [0.15, 0.2) is 23.1 Å². The number of hydrogen-bond acceptors (Lipinski definition) is 6. The van der Waals surface area contributed by atoms with E-state index in [1.807, 2.05) is 0 Å². The van der Waals surface area contributed by atoms with Crippen molar-refractivity contribution in [3.8, 4) is 0 Å². The van der Waals surface area contributed by atoms with E-state index in [-0.39, 0.29) is 16.4 Å². The largest absolute Gasteiger partial charge is 0.389 e. The van der Waals surface area contributed by atoms with Gasteiger partial charge in [-0.2, -0.15) is 0 Å². The van der Waals surface area contributed by atoms with Gasteiger partial charge in [-0.25, -0.2) is 17.9 Å². The Labute approximate surface area is 119 Å². The molecule has 1 aromatic carbocycles. The lowest BCUT2D eigenvalue weighted by atomic mass is 10.1. The molecule has 2 atom stereocenters. The highest BCUT2D eigenvalue weighted by Crippen LogP contribution is 2.24. The Morgan fingerprint density at radius 3 is 2.50 bits per heavy atom. The summed E-state index contributed by atoms with van der Waals surface area (Å²) in [5.41, 5.74) is -0.269. The summed E-state index contributed by atoms with van der Waals surface area (Å²) < 4.78 is 35.8. The van der Waals surface area contributed by atoms with Crippen molar-refractivity contribution in [1.82, 2.24) is 0 Å². The van der Waals surface area contributed by atoms with Gasteiger partial charge in [-0.1, -0.05) is 17.8 Å². The molecule has 0 heterocycles. The number of aliphatic hydroxyl groups excluding tert-OH is 2. The van der Waals surface area contributed by atoms with Crippen molar-refractivity contribution in [3.05, 3.63) is 29.6 Å². The summed E-state index contributed by atoms with van der Waals surface area (Å²) in [6.07, 6.45) is -2.94. The van der Waals surface area contributed by atoms with E-state index in [0.29, 0.717) is 6.07 Å². The van der Waals surface area contributed by atoms with Crippen LogP contribution in [0.1, 0.15) is 18.6 Å². The average Bonchev–Trinajstić information content (AvgIpc) is 2.33. The van der Waals surface area contributed by atoms with Crippen LogP contribution >= 0.6 is 11.8 Å². The monoisotopic (exact) mass is 323 g/mol. The first-order valence-electron chi connectivity index (χ1n) is 5.44. The SMILES string of the molecule is CC(=O)SCC(O)C(O)c1ccc(S(N)(=O)=O)cc1F. The Morgan fingerprint density at radius 1 is 1.45 bits per heavy atom. The molecule has 0 spiro atoms. The van der Waals surface area contributed by atoms with Crippen LogP contribution in [0, 0.1) is 5.82 Å². The first-order valence-corrected chi connectivity index (χ1v) is 7.98. The van der Waals surface area contributed by atoms with Gasteiger partial charge in [-0.05, 0) is 12.1 Å². The lowest BCUT2D eigenvalue weighted by Crippen LogP contribution is -2.22. The molecule has 4 N–H and O–H groups in total. The van der Waals surface area contributed by atoms with Gasteiger partial charge in [0.15, 0.2) is 5.12 Å². The first-order chi connectivity index (χ1) is 9.12. The van der Waals surface area contributed by atoms with Crippen molar-refractivity contribution in [2.45, 2.75) is 24.0 Å². The number of primary sulfonamides is 1. The number of hydrogen-bond donors (Lipinski definition) is 3. The summed E-state index contributed by atoms with van der Waals surface area (Å²) in [5, 5.41) is 24.0. The van der Waals surface area contributed by atoms with Crippen LogP contribution in [-0.2, 0) is 14.8 Å². The third-order valence-corrected chi connectivity index (χ3v) is 4.27. The number of benzene rings is 1. The van der Waals surface area contributed by atoms with Crippen molar-refractivity contribution < 1.29 is 27.8 Å². The maximum Gasteiger partial charge on any atom is 0.238 e. The van der Waals surface area contributed by atoms with Crippen LogP contribution in [0.5, 0.6) is 0 Å². The first kappa shape index (κ1) is 17.1. The smallest absolute Gasteiger partial charge is 0.238 e. The molecular formula is C11H14FNO5S2. The zero-order chi connectivity index (χ0) is 15.5. The highest BCUT2D eigenvalue weighted by molar-refractivity contribution is 8.13. The molecule has 0 fully saturated rings. The van der Waals surface area contributed by atoms with Crippen LogP contribution < -0.4 is 5.14 Å². The number of sulfonamides is 1. The zero-order valence-corrected chi connectivity index (χ0v) is 12.1. The van der Waals surface area contributed by atoms with Crippen LogP contribution in [0.2, 0.25) is 0 Å². The molecule has 2 unspecified atom stereocenters. The van der Waals surface area contributed by atoms with E-state index in [9.17, 15) is 27.8 Å². The third kappa shape index (κ3) is 4.53. The Kier molecular flexibility index (Phi) is 5.66. The van der Waals surface area contributed by atoms with Gasteiger partial charge in [0.1, 0.15) is 11.9 Å². The molecule has 20 heavy (non-hydrogen) atoms. The minimum atomic E-state index is -4.04. The van der Waals surface area contributed by atoms with Gasteiger partial charge in [0.05, 0.1) is 11.0 Å². The molecule has 0 aliphatic rings. The predicted molar refractivity (Wildman–Crippen MR) is 71.9 cm³/mol. The number of rotatable bonds is 5. The molecule has 9 heteroatoms. The maximum absolute atomic E-state index is 13.7. The predicted octanol–water partition coefficient (Wildman–Crippen LogP) is 0.147. The minimum Gasteiger partial charge on any atom is -0.389 e. The number of thioether (sulfide) groups is 1. The minimum absolute atomic E-state index is 0.104. The lowest BCUT2D eigenvalue weighted by Gasteiger charge is -2.18. The van der Waals surface area contributed by atoms with Gasteiger partial charge >= 0.3 is 0 Å². The Bertz CT molecular complexity index is 605. The average molecular weight is 323 g/mol. The molecule has 0 radical (unpaired) electrons. The van der Waals surface area contributed by atoms with Crippen molar-refractivity contribution >= 4 is 26.9 Å². The van der Waals surface area contributed by atoms with Crippen molar-refractivity contribution in [2.75, 3.05) is 5.75 Å². The standard InChI is InChI=1S/C11H14FNO5S2/c1-6(14)19-5-10(15)11(16)8-3-2-7(4-9(8)12)20(13,17)18/h2-4,10-11,15-16H,5H2,1H3,(H2,13,17,18). The summed E-state index contributed by atoms with van der Waals surface area (Å²) in [6.45, 7) is 1.30. The van der Waals surface area contributed by atoms with E-state index in [2.05, 4.69) is 0 Å². The Morgan fingerprint density at radius 2 is 2.05 bits per heavy atom. The molecule has 0 saturated carbocycles. The van der Waals surface area contributed by atoms with E-state index in [1.165, 1.54) is 6.92 Å². The lowest BCUT2D eigenvalue weighted by molar-refractivity contribution is -0.109.